The van der Waals surface area contributed by atoms with Crippen LogP contribution in [-0.4, -0.2) is 6.54 Å². The molecule has 0 aromatic heterocycles. The van der Waals surface area contributed by atoms with Crippen molar-refractivity contribution in [2.45, 2.75) is 11.8 Å². The van der Waals surface area contributed by atoms with E-state index < -0.39 is 0 Å². The lowest BCUT2D eigenvalue weighted by atomic mass is 10.0. The molecule has 2 nitrogen and oxygen atoms in total. The summed E-state index contributed by atoms with van der Waals surface area (Å²) >= 11 is 5.00. The summed E-state index contributed by atoms with van der Waals surface area (Å²) in [6, 6.07) is 8.25. The number of hydrogen-bond acceptors (Lipinski definition) is 2. The maximum absolute atomic E-state index is 5.53. The van der Waals surface area contributed by atoms with Crippen molar-refractivity contribution < 1.29 is 5.73 Å². The minimum Gasteiger partial charge on any atom is -0.788 e. The fraction of sp³-hybridized carbons (Fsp3) is 0.333. The van der Waals surface area contributed by atoms with Crippen molar-refractivity contribution in [3.05, 3.63) is 35.4 Å². The van der Waals surface area contributed by atoms with Crippen molar-refractivity contribution in [2.75, 3.05) is 6.54 Å². The Morgan fingerprint density at radius 1 is 1.42 bits per heavy atom. The highest BCUT2D eigenvalue weighted by molar-refractivity contribution is 7.57. The highest BCUT2D eigenvalue weighted by atomic mass is 32.1. The summed E-state index contributed by atoms with van der Waals surface area (Å²) in [7, 11) is 0. The van der Waals surface area contributed by atoms with Crippen molar-refractivity contribution in [3.63, 3.8) is 0 Å². The minimum atomic E-state index is 0.171. The zero-order valence-corrected chi connectivity index (χ0v) is 7.81. The standard InChI is InChI=1S/C9H14N2S/c10-5-9(11)8-4-2-1-3-7(8)6-12/h1-4,9,12H,5-6,10-11H2. The molecule has 1 rings (SSSR count). The monoisotopic (exact) mass is 182 g/mol. The molecule has 0 aliphatic rings. The largest absolute Gasteiger partial charge is 0.788 e. The summed E-state index contributed by atoms with van der Waals surface area (Å²) in [5.74, 6) is 0.641. The molecule has 0 aliphatic carbocycles. The number of quaternary nitrogens is 1. The molecule has 12 heavy (non-hydrogen) atoms. The Balaban J connectivity index is 2.96. The maximum atomic E-state index is 5.53. The van der Waals surface area contributed by atoms with E-state index in [-0.39, 0.29) is 6.04 Å². The number of hydrogen-bond donors (Lipinski definition) is 2. The first kappa shape index (κ1) is 9.58. The maximum Gasteiger partial charge on any atom is 0.123 e. The van der Waals surface area contributed by atoms with E-state index >= 15 is 0 Å². The lowest BCUT2D eigenvalue weighted by molar-refractivity contribution is -0.422. The van der Waals surface area contributed by atoms with Gasteiger partial charge >= 0.3 is 0 Å². The molecule has 1 atom stereocenters. The first-order valence-electron chi connectivity index (χ1n) is 3.98. The number of benzene rings is 1. The Labute approximate surface area is 78.4 Å². The highest BCUT2D eigenvalue weighted by Gasteiger charge is 2.08. The molecule has 5 N–H and O–H groups in total. The van der Waals surface area contributed by atoms with Crippen LogP contribution in [-0.2, 0) is 18.4 Å². The summed E-state index contributed by atoms with van der Waals surface area (Å²) in [5.41, 5.74) is 11.9. The van der Waals surface area contributed by atoms with Gasteiger partial charge in [-0.15, -0.1) is 0 Å². The van der Waals surface area contributed by atoms with Crippen LogP contribution in [0.3, 0.4) is 0 Å². The van der Waals surface area contributed by atoms with Crippen LogP contribution < -0.4 is 11.5 Å². The molecule has 0 saturated heterocycles. The van der Waals surface area contributed by atoms with Gasteiger partial charge < -0.3 is 24.1 Å². The summed E-state index contributed by atoms with van der Waals surface area (Å²) in [5, 5.41) is 0. The van der Waals surface area contributed by atoms with E-state index in [0.29, 0.717) is 12.3 Å². The molecule has 66 valence electrons. The van der Waals surface area contributed by atoms with Crippen LogP contribution in [0.1, 0.15) is 17.2 Å². The van der Waals surface area contributed by atoms with Gasteiger partial charge in [0.25, 0.3) is 0 Å². The molecule has 0 fully saturated rings. The van der Waals surface area contributed by atoms with Crippen molar-refractivity contribution in [3.8, 4) is 0 Å². The molecule has 0 spiro atoms. The van der Waals surface area contributed by atoms with Crippen LogP contribution in [0.4, 0.5) is 0 Å². The Kier molecular flexibility index (Phi) is 3.59. The summed E-state index contributed by atoms with van der Waals surface area (Å²) in [6.45, 7) is 0.576. The average Bonchev–Trinajstić information content (AvgIpc) is 2.16. The van der Waals surface area contributed by atoms with Crippen molar-refractivity contribution in [1.29, 1.82) is 0 Å². The second-order valence-electron chi connectivity index (χ2n) is 2.78. The molecule has 1 aromatic carbocycles. The minimum absolute atomic E-state index is 0.171. The van der Waals surface area contributed by atoms with Crippen LogP contribution in [0.15, 0.2) is 24.3 Å². The van der Waals surface area contributed by atoms with E-state index in [1.54, 1.807) is 0 Å². The summed E-state index contributed by atoms with van der Waals surface area (Å²) in [6.07, 6.45) is 0. The van der Waals surface area contributed by atoms with Crippen LogP contribution in [0.25, 0.3) is 0 Å². The molecule has 1 unspecified atom stereocenters. The van der Waals surface area contributed by atoms with Gasteiger partial charge in [0.2, 0.25) is 0 Å². The second kappa shape index (κ2) is 4.50. The van der Waals surface area contributed by atoms with E-state index in [1.165, 1.54) is 11.1 Å². The van der Waals surface area contributed by atoms with Gasteiger partial charge in [0.05, 0.1) is 0 Å². The first-order valence-corrected chi connectivity index (χ1v) is 4.56. The SMILES string of the molecule is NCC([NH3+])c1ccccc1C[S-]. The van der Waals surface area contributed by atoms with E-state index in [9.17, 15) is 0 Å². The first-order chi connectivity index (χ1) is 5.79. The third kappa shape index (κ3) is 2.00. The molecular formula is C9H14N2S. The Morgan fingerprint density at radius 2 is 2.08 bits per heavy atom. The van der Waals surface area contributed by atoms with Gasteiger partial charge in [0, 0.05) is 12.1 Å². The van der Waals surface area contributed by atoms with Gasteiger partial charge in [-0.1, -0.05) is 29.8 Å². The molecule has 0 heterocycles. The van der Waals surface area contributed by atoms with E-state index in [1.807, 2.05) is 24.3 Å². The molecule has 0 radical (unpaired) electrons. The molecule has 0 amide bonds. The predicted octanol–water partition coefficient (Wildman–Crippen LogP) is -0.0248. The Morgan fingerprint density at radius 3 is 2.67 bits per heavy atom. The molecule has 0 bridgehead atoms. The third-order valence-electron chi connectivity index (χ3n) is 1.93. The predicted molar refractivity (Wildman–Crippen MR) is 52.2 cm³/mol. The number of nitrogens with two attached hydrogens (primary N) is 1. The smallest absolute Gasteiger partial charge is 0.123 e. The zero-order chi connectivity index (χ0) is 8.97. The van der Waals surface area contributed by atoms with Gasteiger partial charge in [-0.3, -0.25) is 0 Å². The fourth-order valence-electron chi connectivity index (χ4n) is 1.19. The quantitative estimate of drug-likeness (QED) is 0.645. The highest BCUT2D eigenvalue weighted by Crippen LogP contribution is 2.13. The zero-order valence-electron chi connectivity index (χ0n) is 6.99. The van der Waals surface area contributed by atoms with Crippen LogP contribution in [0, 0.1) is 0 Å². The number of rotatable bonds is 3. The van der Waals surface area contributed by atoms with Crippen LogP contribution in [0.5, 0.6) is 0 Å². The molecule has 1 aromatic rings. The van der Waals surface area contributed by atoms with Crippen LogP contribution in [0.2, 0.25) is 0 Å². The van der Waals surface area contributed by atoms with E-state index in [2.05, 4.69) is 5.73 Å². The topological polar surface area (TPSA) is 53.7 Å². The van der Waals surface area contributed by atoms with Gasteiger partial charge in [-0.05, 0) is 0 Å². The van der Waals surface area contributed by atoms with Gasteiger partial charge in [-0.25, -0.2) is 0 Å². The van der Waals surface area contributed by atoms with Gasteiger partial charge in [0.15, 0.2) is 0 Å². The summed E-state index contributed by atoms with van der Waals surface area (Å²) in [4.78, 5) is 0. The normalized spacial score (nSPS) is 12.9. The van der Waals surface area contributed by atoms with Gasteiger partial charge in [-0.2, -0.15) is 5.75 Å². The average molecular weight is 182 g/mol. The van der Waals surface area contributed by atoms with Crippen molar-refractivity contribution in [2.24, 2.45) is 5.73 Å². The molecule has 3 heteroatoms. The Bertz CT molecular complexity index is 250. The summed E-state index contributed by atoms with van der Waals surface area (Å²) < 4.78 is 0. The third-order valence-corrected chi connectivity index (χ3v) is 2.25. The lowest BCUT2D eigenvalue weighted by Gasteiger charge is -2.13. The lowest BCUT2D eigenvalue weighted by Crippen LogP contribution is -2.57. The van der Waals surface area contributed by atoms with Crippen molar-refractivity contribution >= 4 is 12.6 Å². The molecular weight excluding hydrogens is 168 g/mol. The molecule has 0 aliphatic heterocycles. The van der Waals surface area contributed by atoms with E-state index in [4.69, 9.17) is 18.4 Å². The van der Waals surface area contributed by atoms with Gasteiger partial charge in [0.1, 0.15) is 6.04 Å². The second-order valence-corrected chi connectivity index (χ2v) is 3.06. The van der Waals surface area contributed by atoms with Crippen LogP contribution >= 0.6 is 0 Å². The van der Waals surface area contributed by atoms with Crippen molar-refractivity contribution in [1.82, 2.24) is 0 Å². The molecule has 0 saturated carbocycles. The Hall–Kier alpha value is -0.510. The fourth-order valence-corrected chi connectivity index (χ4v) is 1.45. The van der Waals surface area contributed by atoms with E-state index in [0.717, 1.165) is 0 Å².